The molecule has 14 nitrogen and oxygen atoms in total. The third kappa shape index (κ3) is 27.5. The number of ketones is 1. The van der Waals surface area contributed by atoms with Crippen molar-refractivity contribution in [2.24, 2.45) is 10.8 Å². The molecular formula is C85H142O14Si5. The zero-order valence-corrected chi connectivity index (χ0v) is 74.4. The van der Waals surface area contributed by atoms with E-state index in [1.807, 2.05) is 45.0 Å². The van der Waals surface area contributed by atoms with E-state index in [0.29, 0.717) is 65.0 Å². The Morgan fingerprint density at radius 1 is 0.663 bits per heavy atom. The average molecular weight is 1530 g/mol. The van der Waals surface area contributed by atoms with Crippen LogP contribution < -0.4 is 10.4 Å². The number of allylic oxidation sites excluding steroid dienone is 1. The molecule has 0 aliphatic carbocycles. The van der Waals surface area contributed by atoms with Gasteiger partial charge < -0.3 is 55.9 Å². The number of carbonyl (C=O) groups is 2. The van der Waals surface area contributed by atoms with E-state index in [2.05, 4.69) is 240 Å². The van der Waals surface area contributed by atoms with Gasteiger partial charge in [-0.15, -0.1) is 13.2 Å². The number of hydrogen-bond acceptors (Lipinski definition) is 14. The van der Waals surface area contributed by atoms with Gasteiger partial charge in [-0.25, -0.2) is 0 Å². The molecule has 19 heteroatoms. The van der Waals surface area contributed by atoms with Crippen LogP contribution in [0.1, 0.15) is 160 Å². The van der Waals surface area contributed by atoms with Crippen LogP contribution in [-0.2, 0) is 72.1 Å². The van der Waals surface area contributed by atoms with E-state index in [9.17, 15) is 4.79 Å². The summed E-state index contributed by atoms with van der Waals surface area (Å²) in [4.78, 5) is 30.3. The molecule has 2 fully saturated rings. The van der Waals surface area contributed by atoms with Crippen molar-refractivity contribution in [3.63, 3.8) is 0 Å². The summed E-state index contributed by atoms with van der Waals surface area (Å²) in [6, 6.07) is 33.5. The lowest BCUT2D eigenvalue weighted by atomic mass is 9.70. The van der Waals surface area contributed by atoms with Crippen LogP contribution in [0, 0.1) is 10.8 Å². The largest absolute Gasteiger partial charge is 0.459 e. The van der Waals surface area contributed by atoms with Crippen molar-refractivity contribution in [2.45, 2.75) is 309 Å². The molecule has 0 saturated carbocycles. The first-order valence-corrected chi connectivity index (χ1v) is 53.7. The lowest BCUT2D eigenvalue weighted by Crippen LogP contribution is -2.66. The quantitative estimate of drug-likeness (QED) is 0.0174. The van der Waals surface area contributed by atoms with Crippen LogP contribution in [0.2, 0.25) is 92.7 Å². The topological polar surface area (TPSA) is 145 Å². The fraction of sp³-hybridized carbons (Fsp3) is 0.671. The number of methoxy groups -OCH3 is 1. The zero-order chi connectivity index (χ0) is 77.8. The molecule has 3 aromatic carbocycles. The predicted molar refractivity (Wildman–Crippen MR) is 441 cm³/mol. The number of esters is 1. The minimum absolute atomic E-state index is 0.0285. The van der Waals surface area contributed by atoms with Crippen molar-refractivity contribution in [2.75, 3.05) is 47.1 Å². The Hall–Kier alpha value is -3.60. The van der Waals surface area contributed by atoms with Gasteiger partial charge >= 0.3 is 5.97 Å². The fourth-order valence-electron chi connectivity index (χ4n) is 13.3. The van der Waals surface area contributed by atoms with E-state index in [-0.39, 0.29) is 78.7 Å². The maximum absolute atomic E-state index is 15.6. The second-order valence-electron chi connectivity index (χ2n) is 37.1. The van der Waals surface area contributed by atoms with E-state index in [1.54, 1.807) is 13.2 Å². The highest BCUT2D eigenvalue weighted by Gasteiger charge is 2.59. The van der Waals surface area contributed by atoms with E-state index in [1.165, 1.54) is 15.9 Å². The SMILES string of the molecule is C=C[C@H]1C/C(=C\COCOCC[Si](C)(C)C)C[C@@H](C[C@]2(OC)O[C@H](C[C@H](CC(=O)O[C@H](C[C@H](C/C(=C\CO[Si](c3ccccc3)(c3ccccc3)C(C)(C)C)CC(=O)C(C)(C)C=C)O[Si](C)(C)C(C)(C)C)[C@@H](C)O[Si](C)(C)C(C)(C)C)OCOCC[Si](C)(C)C)C[C@H](OCc3ccccc3)C2(C)C)O1. The molecule has 0 radical (unpaired) electrons. The van der Waals surface area contributed by atoms with Gasteiger partial charge in [0.15, 0.2) is 22.4 Å². The van der Waals surface area contributed by atoms with Crippen molar-refractivity contribution in [3.8, 4) is 0 Å². The van der Waals surface area contributed by atoms with Crippen LogP contribution in [0.5, 0.6) is 0 Å². The van der Waals surface area contributed by atoms with Crippen LogP contribution >= 0.6 is 0 Å². The average Bonchev–Trinajstić information content (AvgIpc) is 0.749. The summed E-state index contributed by atoms with van der Waals surface area (Å²) in [5.41, 5.74) is 1.61. The second-order valence-corrected chi connectivity index (χ2v) is 62.2. The Kier molecular flexibility index (Phi) is 34.4. The fourth-order valence-corrected chi connectivity index (χ4v) is 22.1. The lowest BCUT2D eigenvalue weighted by Gasteiger charge is -2.56. The minimum Gasteiger partial charge on any atom is -0.459 e. The monoisotopic (exact) mass is 1530 g/mol. The van der Waals surface area contributed by atoms with Crippen molar-refractivity contribution < 1.29 is 65.5 Å². The van der Waals surface area contributed by atoms with Gasteiger partial charge in [-0.2, -0.15) is 0 Å². The molecule has 0 N–H and O–H groups in total. The molecule has 9 atom stereocenters. The van der Waals surface area contributed by atoms with Crippen molar-refractivity contribution in [1.29, 1.82) is 0 Å². The summed E-state index contributed by atoms with van der Waals surface area (Å²) in [6.45, 7) is 64.2. The van der Waals surface area contributed by atoms with Gasteiger partial charge in [-0.3, -0.25) is 9.59 Å². The van der Waals surface area contributed by atoms with E-state index >= 15 is 4.79 Å². The van der Waals surface area contributed by atoms with Gasteiger partial charge in [0.25, 0.3) is 8.32 Å². The second kappa shape index (κ2) is 39.3. The van der Waals surface area contributed by atoms with Gasteiger partial charge in [-0.1, -0.05) is 242 Å². The highest BCUT2D eigenvalue weighted by molar-refractivity contribution is 6.99. The number of Topliss-reactive ketones (excluding diaryl/α,β-unsaturated/α-hetero) is 1. The molecule has 2 saturated heterocycles. The molecule has 0 spiro atoms. The summed E-state index contributed by atoms with van der Waals surface area (Å²) in [5.74, 6) is -1.65. The third-order valence-corrected chi connectivity index (χ3v) is 39.9. The smallest absolute Gasteiger partial charge is 0.308 e. The summed E-state index contributed by atoms with van der Waals surface area (Å²) in [5, 5.41) is 1.69. The highest BCUT2D eigenvalue weighted by Crippen LogP contribution is 2.52. The summed E-state index contributed by atoms with van der Waals surface area (Å²) >= 11 is 0. The maximum atomic E-state index is 15.6. The number of rotatable bonds is 43. The predicted octanol–water partition coefficient (Wildman–Crippen LogP) is 19.8. The van der Waals surface area contributed by atoms with E-state index in [0.717, 1.165) is 23.2 Å². The van der Waals surface area contributed by atoms with Crippen LogP contribution in [0.25, 0.3) is 0 Å². The Bertz CT molecular complexity index is 3120. The molecule has 0 bridgehead atoms. The Labute approximate surface area is 636 Å². The van der Waals surface area contributed by atoms with Gasteiger partial charge in [0, 0.05) is 79.4 Å². The molecule has 2 heterocycles. The normalized spacial score (nSPS) is 21.5. The zero-order valence-electron chi connectivity index (χ0n) is 69.4. The van der Waals surface area contributed by atoms with Gasteiger partial charge in [0.05, 0.1) is 69.0 Å². The number of hydrogen-bond donors (Lipinski definition) is 0. The Morgan fingerprint density at radius 3 is 1.73 bits per heavy atom. The molecule has 3 aromatic rings. The molecular weight excluding hydrogens is 1390 g/mol. The number of benzene rings is 3. The maximum Gasteiger partial charge on any atom is 0.308 e. The Morgan fingerprint density at radius 2 is 1.21 bits per heavy atom. The van der Waals surface area contributed by atoms with Crippen LogP contribution in [0.15, 0.2) is 140 Å². The minimum atomic E-state index is -3.01. The highest BCUT2D eigenvalue weighted by atomic mass is 28.4. The van der Waals surface area contributed by atoms with Crippen LogP contribution in [-0.4, -0.2) is 155 Å². The molecule has 0 unspecified atom stereocenters. The number of carbonyl (C=O) groups excluding carboxylic acids is 2. The standard InChI is InChI=1S/C85H142O14Si5/c1-28-69-53-67(45-47-89-63-90-49-51-100(18,19)20)55-73(95-69)61-85(88-17)84(15,16)78(92-62-66-39-33-30-34-40-66)59-71(97-85)57-70(93-64-91-50-52-101(21,22)23)60-79(87)96-76(65(3)98-102(24,25)80(4,5)6)58-72(99-103(26,27)81(7,8)9)54-68(56-77(86)83(13,14)29-2)46-48-94-104(82(10,11)12,74-41-35-31-36-42-74)75-43-37-32-38-44-75/h28-46,65,69-73,76,78H,1-2,47-64H2,3-27H3/b67-45+,68-46+/t65-,69+,70-,71-,72+,73+,76-,78+,85+/m1/s1. The first-order chi connectivity index (χ1) is 48.2. The Balaban J connectivity index is 1.59. The van der Waals surface area contributed by atoms with E-state index in [4.69, 9.17) is 55.9 Å². The van der Waals surface area contributed by atoms with Gasteiger partial charge in [0.2, 0.25) is 0 Å². The van der Waals surface area contributed by atoms with E-state index < -0.39 is 94.2 Å². The molecule has 5 rings (SSSR count). The van der Waals surface area contributed by atoms with Crippen LogP contribution in [0.3, 0.4) is 0 Å². The molecule has 2 aliphatic rings. The molecule has 586 valence electrons. The molecule has 2 aliphatic heterocycles. The summed E-state index contributed by atoms with van der Waals surface area (Å²) in [7, 11) is -9.10. The summed E-state index contributed by atoms with van der Waals surface area (Å²) in [6.07, 6.45) is 7.06. The van der Waals surface area contributed by atoms with Gasteiger partial charge in [-0.05, 0) is 109 Å². The first-order valence-electron chi connectivity index (χ1n) is 38.6. The van der Waals surface area contributed by atoms with Crippen molar-refractivity contribution in [3.05, 3.63) is 145 Å². The third-order valence-electron chi connectivity index (χ3n) is 22.3. The number of ether oxygens (including phenoxy) is 9. The van der Waals surface area contributed by atoms with Crippen LogP contribution in [0.4, 0.5) is 0 Å². The van der Waals surface area contributed by atoms with Crippen molar-refractivity contribution in [1.82, 2.24) is 0 Å². The lowest BCUT2D eigenvalue weighted by molar-refractivity contribution is -0.363. The molecule has 104 heavy (non-hydrogen) atoms. The van der Waals surface area contributed by atoms with Crippen molar-refractivity contribution >= 4 is 63.2 Å². The summed E-state index contributed by atoms with van der Waals surface area (Å²) < 4.78 is 82.7. The molecule has 0 amide bonds. The first kappa shape index (κ1) is 91.0. The molecule has 0 aromatic heterocycles. The van der Waals surface area contributed by atoms with Gasteiger partial charge in [0.1, 0.15) is 25.5 Å².